The van der Waals surface area contributed by atoms with Crippen molar-refractivity contribution in [1.29, 1.82) is 0 Å². The molecule has 0 aliphatic carbocycles. The van der Waals surface area contributed by atoms with Crippen LogP contribution in [0.3, 0.4) is 0 Å². The van der Waals surface area contributed by atoms with E-state index in [2.05, 4.69) is 4.72 Å². The summed E-state index contributed by atoms with van der Waals surface area (Å²) in [6.07, 6.45) is 0.643. The molecule has 0 amide bonds. The Bertz CT molecular complexity index is 437. The lowest BCUT2D eigenvalue weighted by atomic mass is 10.2. The van der Waals surface area contributed by atoms with Gasteiger partial charge in [0.2, 0.25) is 10.0 Å². The topological polar surface area (TPSA) is 66.4 Å². The van der Waals surface area contributed by atoms with Gasteiger partial charge in [-0.3, -0.25) is 4.72 Å². The van der Waals surface area contributed by atoms with E-state index in [0.29, 0.717) is 18.0 Å². The molecule has 0 unspecified atom stereocenters. The molecule has 0 aliphatic heterocycles. The molecule has 0 heterocycles. The average molecular weight is 257 g/mol. The molecular weight excluding hydrogens is 238 g/mol. The molecule has 0 aromatic heterocycles. The molecule has 4 nitrogen and oxygen atoms in total. The highest BCUT2D eigenvalue weighted by Gasteiger charge is 2.11. The number of hydrogen-bond donors (Lipinski definition) is 2. The predicted octanol–water partition coefficient (Wildman–Crippen LogP) is 1.97. The van der Waals surface area contributed by atoms with Gasteiger partial charge in [-0.25, -0.2) is 8.42 Å². The van der Waals surface area contributed by atoms with Gasteiger partial charge >= 0.3 is 0 Å². The van der Waals surface area contributed by atoms with Crippen molar-refractivity contribution in [1.82, 2.24) is 0 Å². The van der Waals surface area contributed by atoms with Crippen LogP contribution in [-0.2, 0) is 16.6 Å². The van der Waals surface area contributed by atoms with Gasteiger partial charge < -0.3 is 5.11 Å². The van der Waals surface area contributed by atoms with Gasteiger partial charge in [0, 0.05) is 5.69 Å². The number of sulfonamides is 1. The average Bonchev–Trinajstić information content (AvgIpc) is 2.27. The van der Waals surface area contributed by atoms with Crippen LogP contribution in [0, 0.1) is 5.92 Å². The first-order valence-corrected chi connectivity index (χ1v) is 7.28. The van der Waals surface area contributed by atoms with Crippen molar-refractivity contribution in [3.63, 3.8) is 0 Å². The second kappa shape index (κ2) is 6.02. The van der Waals surface area contributed by atoms with E-state index in [1.807, 2.05) is 13.8 Å². The highest BCUT2D eigenvalue weighted by atomic mass is 32.2. The molecule has 1 aromatic carbocycles. The lowest BCUT2D eigenvalue weighted by molar-refractivity contribution is 0.282. The molecule has 0 saturated carbocycles. The third-order valence-electron chi connectivity index (χ3n) is 2.37. The molecule has 0 radical (unpaired) electrons. The maximum Gasteiger partial charge on any atom is 0.232 e. The van der Waals surface area contributed by atoms with Crippen LogP contribution in [0.1, 0.15) is 25.8 Å². The third-order valence-corrected chi connectivity index (χ3v) is 3.69. The first kappa shape index (κ1) is 14.0. The molecule has 96 valence electrons. The molecule has 5 heteroatoms. The second-order valence-corrected chi connectivity index (χ2v) is 6.30. The largest absolute Gasteiger partial charge is 0.392 e. The van der Waals surface area contributed by atoms with E-state index in [1.165, 1.54) is 0 Å². The fourth-order valence-corrected chi connectivity index (χ4v) is 2.68. The van der Waals surface area contributed by atoms with Crippen LogP contribution in [0.15, 0.2) is 24.3 Å². The lowest BCUT2D eigenvalue weighted by Crippen LogP contribution is -2.17. The molecule has 1 rings (SSSR count). The van der Waals surface area contributed by atoms with E-state index in [9.17, 15) is 8.42 Å². The van der Waals surface area contributed by atoms with Crippen molar-refractivity contribution >= 4 is 15.7 Å². The van der Waals surface area contributed by atoms with Crippen molar-refractivity contribution < 1.29 is 13.5 Å². The van der Waals surface area contributed by atoms with Crippen LogP contribution in [0.2, 0.25) is 0 Å². The molecule has 0 saturated heterocycles. The molecule has 0 spiro atoms. The van der Waals surface area contributed by atoms with Crippen LogP contribution in [0.5, 0.6) is 0 Å². The Labute approximate surface area is 103 Å². The molecule has 0 atom stereocenters. The fraction of sp³-hybridized carbons (Fsp3) is 0.500. The quantitative estimate of drug-likeness (QED) is 0.818. The van der Waals surface area contributed by atoms with Crippen LogP contribution in [0.4, 0.5) is 5.69 Å². The fourth-order valence-electron chi connectivity index (χ4n) is 1.30. The zero-order valence-corrected chi connectivity index (χ0v) is 11.0. The summed E-state index contributed by atoms with van der Waals surface area (Å²) < 4.78 is 25.9. The molecule has 1 aromatic rings. The van der Waals surface area contributed by atoms with Crippen molar-refractivity contribution in [2.45, 2.75) is 26.9 Å². The van der Waals surface area contributed by atoms with Gasteiger partial charge in [0.15, 0.2) is 0 Å². The summed E-state index contributed by atoms with van der Waals surface area (Å²) in [6.45, 7) is 3.94. The number of nitrogens with one attached hydrogen (secondary N) is 1. The van der Waals surface area contributed by atoms with Crippen molar-refractivity contribution in [2.24, 2.45) is 5.92 Å². The summed E-state index contributed by atoms with van der Waals surface area (Å²) in [7, 11) is -3.26. The Kier molecular flexibility index (Phi) is 4.96. The zero-order valence-electron chi connectivity index (χ0n) is 10.2. The Morgan fingerprint density at radius 1 is 1.24 bits per heavy atom. The van der Waals surface area contributed by atoms with Crippen LogP contribution >= 0.6 is 0 Å². The number of aliphatic hydroxyl groups excluding tert-OH is 1. The summed E-state index contributed by atoms with van der Waals surface area (Å²) in [5.41, 5.74) is 1.29. The summed E-state index contributed by atoms with van der Waals surface area (Å²) in [5, 5.41) is 8.87. The van der Waals surface area contributed by atoms with Gasteiger partial charge in [-0.05, 0) is 30.0 Å². The Morgan fingerprint density at radius 2 is 1.82 bits per heavy atom. The Morgan fingerprint density at radius 3 is 2.29 bits per heavy atom. The van der Waals surface area contributed by atoms with Crippen LogP contribution in [-0.4, -0.2) is 19.3 Å². The maximum absolute atomic E-state index is 11.7. The molecule has 0 fully saturated rings. The van der Waals surface area contributed by atoms with E-state index >= 15 is 0 Å². The number of aliphatic hydroxyl groups is 1. The van der Waals surface area contributed by atoms with E-state index < -0.39 is 10.0 Å². The third kappa shape index (κ3) is 5.19. The minimum Gasteiger partial charge on any atom is -0.392 e. The van der Waals surface area contributed by atoms with E-state index in [4.69, 9.17) is 5.11 Å². The van der Waals surface area contributed by atoms with E-state index in [0.717, 1.165) is 5.56 Å². The molecule has 2 N–H and O–H groups in total. The maximum atomic E-state index is 11.7. The van der Waals surface area contributed by atoms with Gasteiger partial charge in [0.1, 0.15) is 0 Å². The van der Waals surface area contributed by atoms with Gasteiger partial charge in [-0.15, -0.1) is 0 Å². The zero-order chi connectivity index (χ0) is 12.9. The summed E-state index contributed by atoms with van der Waals surface area (Å²) >= 11 is 0. The van der Waals surface area contributed by atoms with E-state index in [-0.39, 0.29) is 12.4 Å². The minimum absolute atomic E-state index is 0.0413. The number of anilines is 1. The normalized spacial score (nSPS) is 11.8. The molecule has 17 heavy (non-hydrogen) atoms. The highest BCUT2D eigenvalue weighted by Crippen LogP contribution is 2.12. The first-order chi connectivity index (χ1) is 7.93. The van der Waals surface area contributed by atoms with Gasteiger partial charge in [0.05, 0.1) is 12.4 Å². The highest BCUT2D eigenvalue weighted by molar-refractivity contribution is 7.92. The predicted molar refractivity (Wildman–Crippen MR) is 69.2 cm³/mol. The van der Waals surface area contributed by atoms with E-state index in [1.54, 1.807) is 24.3 Å². The van der Waals surface area contributed by atoms with Gasteiger partial charge in [-0.1, -0.05) is 26.0 Å². The van der Waals surface area contributed by atoms with Crippen molar-refractivity contribution in [2.75, 3.05) is 10.5 Å². The lowest BCUT2D eigenvalue weighted by Gasteiger charge is -2.09. The smallest absolute Gasteiger partial charge is 0.232 e. The number of benzene rings is 1. The van der Waals surface area contributed by atoms with Gasteiger partial charge in [0.25, 0.3) is 0 Å². The molecule has 0 aliphatic rings. The van der Waals surface area contributed by atoms with Crippen LogP contribution in [0.25, 0.3) is 0 Å². The minimum atomic E-state index is -3.26. The standard InChI is InChI=1S/C12H19NO3S/c1-10(2)7-8-17(15,16)13-12-5-3-11(9-14)4-6-12/h3-6,10,13-14H,7-9H2,1-2H3. The van der Waals surface area contributed by atoms with Gasteiger partial charge in [-0.2, -0.15) is 0 Å². The number of rotatable bonds is 6. The summed E-state index contributed by atoms with van der Waals surface area (Å²) in [5.74, 6) is 0.496. The SMILES string of the molecule is CC(C)CCS(=O)(=O)Nc1ccc(CO)cc1. The summed E-state index contributed by atoms with van der Waals surface area (Å²) in [4.78, 5) is 0. The Hall–Kier alpha value is -1.07. The Balaban J connectivity index is 2.63. The number of hydrogen-bond acceptors (Lipinski definition) is 3. The molecular formula is C12H19NO3S. The van der Waals surface area contributed by atoms with Crippen LogP contribution < -0.4 is 4.72 Å². The van der Waals surface area contributed by atoms with Crippen molar-refractivity contribution in [3.8, 4) is 0 Å². The monoisotopic (exact) mass is 257 g/mol. The van der Waals surface area contributed by atoms with Crippen molar-refractivity contribution in [3.05, 3.63) is 29.8 Å². The summed E-state index contributed by atoms with van der Waals surface area (Å²) in [6, 6.07) is 6.69. The molecule has 0 bridgehead atoms. The second-order valence-electron chi connectivity index (χ2n) is 4.46. The first-order valence-electron chi connectivity index (χ1n) is 5.63.